The number of nitrogens with zero attached hydrogens (tertiary/aromatic N) is 2. The summed E-state index contributed by atoms with van der Waals surface area (Å²) in [5, 5.41) is 2.93. The quantitative estimate of drug-likeness (QED) is 0.888. The highest BCUT2D eigenvalue weighted by Crippen LogP contribution is 2.45. The summed E-state index contributed by atoms with van der Waals surface area (Å²) in [5.74, 6) is 0.870. The zero-order valence-corrected chi connectivity index (χ0v) is 16.3. The molecule has 2 saturated heterocycles. The molecule has 4 rings (SSSR count). The van der Waals surface area contributed by atoms with E-state index in [-0.39, 0.29) is 23.3 Å². The summed E-state index contributed by atoms with van der Waals surface area (Å²) in [5.41, 5.74) is 1.18. The number of rotatable bonds is 3. The van der Waals surface area contributed by atoms with Crippen molar-refractivity contribution in [2.45, 2.75) is 31.7 Å². The number of benzene rings is 1. The highest BCUT2D eigenvalue weighted by molar-refractivity contribution is 5.84. The largest absolute Gasteiger partial charge is 0.467 e. The van der Waals surface area contributed by atoms with Crippen LogP contribution in [0.3, 0.4) is 0 Å². The summed E-state index contributed by atoms with van der Waals surface area (Å²) in [6.45, 7) is 2.61. The summed E-state index contributed by atoms with van der Waals surface area (Å²) in [6.07, 6.45) is 4.31. The standard InChI is InChI=1S/C22H27N3O3/c1-24-16-22(14-19(20(24)26)17-6-3-2-4-7-17)9-11-25(12-10-22)21(27)23-15-18-8-5-13-28-18/h2-8,13,19H,9-12,14-16H2,1H3,(H,23,27). The maximum atomic E-state index is 12.8. The number of carbonyl (C=O) groups is 2. The average Bonchev–Trinajstić information content (AvgIpc) is 3.24. The fourth-order valence-electron chi connectivity index (χ4n) is 4.61. The molecule has 1 spiro atoms. The Labute approximate surface area is 165 Å². The van der Waals surface area contributed by atoms with Gasteiger partial charge in [-0.05, 0) is 42.4 Å². The van der Waals surface area contributed by atoms with Gasteiger partial charge in [0.1, 0.15) is 5.76 Å². The highest BCUT2D eigenvalue weighted by Gasteiger charge is 2.45. The second-order valence-electron chi connectivity index (χ2n) is 8.09. The van der Waals surface area contributed by atoms with Crippen molar-refractivity contribution in [1.82, 2.24) is 15.1 Å². The Bertz CT molecular complexity index is 811. The molecule has 3 amide bonds. The molecule has 0 bridgehead atoms. The average molecular weight is 381 g/mol. The van der Waals surface area contributed by atoms with E-state index in [0.29, 0.717) is 19.6 Å². The highest BCUT2D eigenvalue weighted by atomic mass is 16.3. The molecule has 3 heterocycles. The number of urea groups is 1. The van der Waals surface area contributed by atoms with E-state index in [4.69, 9.17) is 4.42 Å². The lowest BCUT2D eigenvalue weighted by atomic mass is 9.68. The van der Waals surface area contributed by atoms with Crippen LogP contribution < -0.4 is 5.32 Å². The number of amides is 3. The van der Waals surface area contributed by atoms with Crippen molar-refractivity contribution in [2.24, 2.45) is 5.41 Å². The second kappa shape index (κ2) is 7.70. The lowest BCUT2D eigenvalue weighted by Crippen LogP contribution is -2.54. The van der Waals surface area contributed by atoms with Crippen molar-refractivity contribution in [1.29, 1.82) is 0 Å². The smallest absolute Gasteiger partial charge is 0.317 e. The zero-order chi connectivity index (χ0) is 19.6. The number of hydrogen-bond donors (Lipinski definition) is 1. The van der Waals surface area contributed by atoms with Crippen molar-refractivity contribution < 1.29 is 14.0 Å². The topological polar surface area (TPSA) is 65.8 Å². The maximum Gasteiger partial charge on any atom is 0.317 e. The molecular formula is C22H27N3O3. The molecule has 2 aliphatic heterocycles. The summed E-state index contributed by atoms with van der Waals surface area (Å²) in [4.78, 5) is 29.0. The third-order valence-electron chi connectivity index (χ3n) is 6.19. The van der Waals surface area contributed by atoms with Crippen LogP contribution in [0.25, 0.3) is 0 Å². The van der Waals surface area contributed by atoms with Crippen molar-refractivity contribution in [3.8, 4) is 0 Å². The van der Waals surface area contributed by atoms with Crippen molar-refractivity contribution in [3.63, 3.8) is 0 Å². The third-order valence-corrected chi connectivity index (χ3v) is 6.19. The summed E-state index contributed by atoms with van der Waals surface area (Å²) in [7, 11) is 1.90. The minimum atomic E-state index is -0.0840. The molecule has 1 aromatic carbocycles. The van der Waals surface area contributed by atoms with Gasteiger partial charge in [-0.25, -0.2) is 4.79 Å². The van der Waals surface area contributed by atoms with Gasteiger partial charge in [0.25, 0.3) is 0 Å². The van der Waals surface area contributed by atoms with Crippen LogP contribution in [0.1, 0.15) is 36.5 Å². The van der Waals surface area contributed by atoms with Crippen LogP contribution in [-0.2, 0) is 11.3 Å². The predicted molar refractivity (Wildman–Crippen MR) is 106 cm³/mol. The van der Waals surface area contributed by atoms with Crippen LogP contribution in [0, 0.1) is 5.41 Å². The predicted octanol–water partition coefficient (Wildman–Crippen LogP) is 3.22. The fourth-order valence-corrected chi connectivity index (χ4v) is 4.61. The lowest BCUT2D eigenvalue weighted by molar-refractivity contribution is -0.139. The van der Waals surface area contributed by atoms with Gasteiger partial charge in [-0.15, -0.1) is 0 Å². The minimum absolute atomic E-state index is 0.0499. The number of carbonyl (C=O) groups excluding carboxylic acids is 2. The molecular weight excluding hydrogens is 354 g/mol. The first kappa shape index (κ1) is 18.6. The summed E-state index contributed by atoms with van der Waals surface area (Å²) < 4.78 is 5.27. The van der Waals surface area contributed by atoms with E-state index in [2.05, 4.69) is 5.32 Å². The summed E-state index contributed by atoms with van der Waals surface area (Å²) >= 11 is 0. The van der Waals surface area contributed by atoms with Crippen LogP contribution in [0.5, 0.6) is 0 Å². The molecule has 1 N–H and O–H groups in total. The van der Waals surface area contributed by atoms with E-state index in [1.54, 1.807) is 6.26 Å². The molecule has 2 aliphatic rings. The Morgan fingerprint density at radius 1 is 1.18 bits per heavy atom. The van der Waals surface area contributed by atoms with E-state index in [9.17, 15) is 9.59 Å². The molecule has 6 nitrogen and oxygen atoms in total. The molecule has 0 aliphatic carbocycles. The first-order chi connectivity index (χ1) is 13.6. The Hall–Kier alpha value is -2.76. The fraction of sp³-hybridized carbons (Fsp3) is 0.455. The van der Waals surface area contributed by atoms with Gasteiger partial charge in [0.2, 0.25) is 5.91 Å². The first-order valence-corrected chi connectivity index (χ1v) is 9.91. The van der Waals surface area contributed by atoms with Gasteiger partial charge in [-0.2, -0.15) is 0 Å². The third kappa shape index (κ3) is 3.77. The van der Waals surface area contributed by atoms with Gasteiger partial charge in [0.05, 0.1) is 18.7 Å². The SMILES string of the molecule is CN1CC2(CCN(C(=O)NCc3ccco3)CC2)CC(c2ccccc2)C1=O. The van der Waals surface area contributed by atoms with Crippen LogP contribution in [-0.4, -0.2) is 48.4 Å². The van der Waals surface area contributed by atoms with E-state index in [1.807, 2.05) is 59.3 Å². The second-order valence-corrected chi connectivity index (χ2v) is 8.09. The van der Waals surface area contributed by atoms with Gasteiger partial charge in [-0.1, -0.05) is 30.3 Å². The number of furan rings is 1. The van der Waals surface area contributed by atoms with Crippen molar-refractivity contribution >= 4 is 11.9 Å². The van der Waals surface area contributed by atoms with Gasteiger partial charge < -0.3 is 19.5 Å². The van der Waals surface area contributed by atoms with E-state index >= 15 is 0 Å². The number of hydrogen-bond acceptors (Lipinski definition) is 3. The Morgan fingerprint density at radius 3 is 2.61 bits per heavy atom. The van der Waals surface area contributed by atoms with E-state index in [0.717, 1.165) is 37.1 Å². The van der Waals surface area contributed by atoms with E-state index in [1.165, 1.54) is 0 Å². The monoisotopic (exact) mass is 381 g/mol. The van der Waals surface area contributed by atoms with Crippen LogP contribution in [0.15, 0.2) is 53.1 Å². The zero-order valence-electron chi connectivity index (χ0n) is 16.3. The molecule has 0 radical (unpaired) electrons. The number of nitrogens with one attached hydrogen (secondary N) is 1. The van der Waals surface area contributed by atoms with Crippen LogP contribution in [0.2, 0.25) is 0 Å². The van der Waals surface area contributed by atoms with Gasteiger partial charge in [0, 0.05) is 26.7 Å². The van der Waals surface area contributed by atoms with Crippen molar-refractivity contribution in [2.75, 3.05) is 26.7 Å². The molecule has 0 saturated carbocycles. The Balaban J connectivity index is 1.38. The summed E-state index contributed by atoms with van der Waals surface area (Å²) in [6, 6.07) is 13.7. The van der Waals surface area contributed by atoms with Gasteiger partial charge >= 0.3 is 6.03 Å². The normalized spacial score (nSPS) is 21.8. The van der Waals surface area contributed by atoms with E-state index < -0.39 is 0 Å². The minimum Gasteiger partial charge on any atom is -0.467 e. The Kier molecular flexibility index (Phi) is 5.11. The molecule has 1 atom stereocenters. The molecule has 148 valence electrons. The number of likely N-dealkylation sites (N-methyl/N-ethyl adjacent to an activating group) is 1. The molecule has 1 aromatic heterocycles. The molecule has 2 aromatic rings. The number of piperidine rings is 2. The maximum absolute atomic E-state index is 12.8. The molecule has 1 unspecified atom stereocenters. The first-order valence-electron chi connectivity index (χ1n) is 9.91. The van der Waals surface area contributed by atoms with Gasteiger partial charge in [0.15, 0.2) is 0 Å². The molecule has 6 heteroatoms. The lowest BCUT2D eigenvalue weighted by Gasteiger charge is -2.49. The van der Waals surface area contributed by atoms with Gasteiger partial charge in [-0.3, -0.25) is 4.79 Å². The van der Waals surface area contributed by atoms with Crippen LogP contribution in [0.4, 0.5) is 4.79 Å². The van der Waals surface area contributed by atoms with Crippen LogP contribution >= 0.6 is 0 Å². The Morgan fingerprint density at radius 2 is 1.93 bits per heavy atom. The molecule has 28 heavy (non-hydrogen) atoms. The number of likely N-dealkylation sites (tertiary alicyclic amines) is 2. The van der Waals surface area contributed by atoms with Crippen molar-refractivity contribution in [3.05, 3.63) is 60.1 Å². The molecule has 2 fully saturated rings.